The first-order valence-electron chi connectivity index (χ1n) is 6.00. The molecule has 1 N–H and O–H groups in total. The Labute approximate surface area is 92.9 Å². The molecule has 0 aromatic heterocycles. The molecule has 2 atom stereocenters. The minimum absolute atomic E-state index is 0.912. The predicted molar refractivity (Wildman–Crippen MR) is 65.0 cm³/mol. The van der Waals surface area contributed by atoms with Crippen LogP contribution in [-0.2, 0) is 6.42 Å². The maximum Gasteiger partial charge on any atom is -0.00208 e. The van der Waals surface area contributed by atoms with Crippen LogP contribution in [0.5, 0.6) is 0 Å². The molecule has 0 heterocycles. The summed E-state index contributed by atoms with van der Waals surface area (Å²) in [5, 5.41) is 3.30. The summed E-state index contributed by atoms with van der Waals surface area (Å²) >= 11 is 0. The Kier molecular flexibility index (Phi) is 3.42. The highest BCUT2D eigenvalue weighted by molar-refractivity contribution is 5.26. The third kappa shape index (κ3) is 2.40. The van der Waals surface area contributed by atoms with E-state index in [0.717, 1.165) is 11.8 Å². The largest absolute Gasteiger partial charge is 0.319 e. The van der Waals surface area contributed by atoms with E-state index in [9.17, 15) is 0 Å². The van der Waals surface area contributed by atoms with Crippen molar-refractivity contribution in [3.05, 3.63) is 35.4 Å². The number of benzene rings is 1. The average molecular weight is 203 g/mol. The van der Waals surface area contributed by atoms with Crippen molar-refractivity contribution in [3.8, 4) is 0 Å². The van der Waals surface area contributed by atoms with Crippen LogP contribution in [0, 0.1) is 18.8 Å². The van der Waals surface area contributed by atoms with Crippen LogP contribution in [-0.4, -0.2) is 13.6 Å². The summed E-state index contributed by atoms with van der Waals surface area (Å²) in [4.78, 5) is 0. The maximum absolute atomic E-state index is 3.30. The zero-order valence-corrected chi connectivity index (χ0v) is 9.79. The van der Waals surface area contributed by atoms with Crippen LogP contribution in [0.1, 0.15) is 24.0 Å². The highest BCUT2D eigenvalue weighted by Gasteiger charge is 2.30. The van der Waals surface area contributed by atoms with Crippen molar-refractivity contribution >= 4 is 0 Å². The molecular weight excluding hydrogens is 182 g/mol. The molecular formula is C14H21N. The molecule has 0 amide bonds. The third-order valence-electron chi connectivity index (χ3n) is 3.78. The number of rotatable bonds is 4. The minimum atomic E-state index is 0.912. The highest BCUT2D eigenvalue weighted by atomic mass is 14.8. The van der Waals surface area contributed by atoms with Gasteiger partial charge in [-0.15, -0.1) is 0 Å². The molecule has 0 bridgehead atoms. The van der Waals surface area contributed by atoms with Crippen LogP contribution in [0.4, 0.5) is 0 Å². The summed E-state index contributed by atoms with van der Waals surface area (Å²) < 4.78 is 0. The van der Waals surface area contributed by atoms with Crippen molar-refractivity contribution in [3.63, 3.8) is 0 Å². The summed E-state index contributed by atoms with van der Waals surface area (Å²) in [6.07, 6.45) is 4.11. The van der Waals surface area contributed by atoms with Gasteiger partial charge in [0.1, 0.15) is 0 Å². The highest BCUT2D eigenvalue weighted by Crippen LogP contribution is 2.36. The second kappa shape index (κ2) is 4.80. The van der Waals surface area contributed by atoms with Gasteiger partial charge in [0.05, 0.1) is 0 Å². The fourth-order valence-electron chi connectivity index (χ4n) is 2.56. The summed E-state index contributed by atoms with van der Waals surface area (Å²) in [7, 11) is 2.06. The fourth-order valence-corrected chi connectivity index (χ4v) is 2.56. The molecule has 0 aliphatic heterocycles. The lowest BCUT2D eigenvalue weighted by Crippen LogP contribution is -2.35. The molecule has 1 aliphatic rings. The first-order valence-corrected chi connectivity index (χ1v) is 6.00. The quantitative estimate of drug-likeness (QED) is 0.793. The van der Waals surface area contributed by atoms with E-state index in [1.54, 1.807) is 5.56 Å². The molecule has 1 saturated carbocycles. The molecule has 2 unspecified atom stereocenters. The molecule has 1 aliphatic carbocycles. The van der Waals surface area contributed by atoms with E-state index in [1.807, 2.05) is 0 Å². The SMILES string of the molecule is CNCC1CCC1Cc1ccccc1C. The normalized spacial score (nSPS) is 24.9. The maximum atomic E-state index is 3.30. The molecule has 0 saturated heterocycles. The van der Waals surface area contributed by atoms with Gasteiger partial charge in [0.15, 0.2) is 0 Å². The van der Waals surface area contributed by atoms with Crippen LogP contribution in [0.3, 0.4) is 0 Å². The zero-order valence-electron chi connectivity index (χ0n) is 9.79. The Bertz CT molecular complexity index is 319. The molecule has 0 spiro atoms. The predicted octanol–water partition coefficient (Wildman–Crippen LogP) is 2.78. The van der Waals surface area contributed by atoms with Crippen molar-refractivity contribution in [2.75, 3.05) is 13.6 Å². The zero-order chi connectivity index (χ0) is 10.7. The van der Waals surface area contributed by atoms with Gasteiger partial charge in [-0.25, -0.2) is 0 Å². The van der Waals surface area contributed by atoms with Crippen molar-refractivity contribution in [2.24, 2.45) is 11.8 Å². The van der Waals surface area contributed by atoms with Crippen LogP contribution < -0.4 is 5.32 Å². The summed E-state index contributed by atoms with van der Waals surface area (Å²) in [6, 6.07) is 8.80. The summed E-state index contributed by atoms with van der Waals surface area (Å²) in [5.74, 6) is 1.83. The Balaban J connectivity index is 1.95. The van der Waals surface area contributed by atoms with Gasteiger partial charge in [-0.1, -0.05) is 24.3 Å². The standard InChI is InChI=1S/C14H21N/c1-11-5-3-4-6-12(11)9-13-7-8-14(13)10-15-2/h3-6,13-15H,7-10H2,1-2H3. The van der Waals surface area contributed by atoms with E-state index in [0.29, 0.717) is 0 Å². The Morgan fingerprint density at radius 3 is 2.53 bits per heavy atom. The minimum Gasteiger partial charge on any atom is -0.319 e. The molecule has 0 radical (unpaired) electrons. The van der Waals surface area contributed by atoms with Crippen molar-refractivity contribution in [2.45, 2.75) is 26.2 Å². The Morgan fingerprint density at radius 2 is 1.93 bits per heavy atom. The second-order valence-electron chi connectivity index (χ2n) is 4.79. The lowest BCUT2D eigenvalue weighted by molar-refractivity contribution is 0.174. The summed E-state index contributed by atoms with van der Waals surface area (Å²) in [6.45, 7) is 3.41. The molecule has 1 aromatic rings. The van der Waals surface area contributed by atoms with Crippen LogP contribution in [0.15, 0.2) is 24.3 Å². The first-order chi connectivity index (χ1) is 7.31. The van der Waals surface area contributed by atoms with E-state index in [1.165, 1.54) is 31.4 Å². The van der Waals surface area contributed by atoms with Crippen molar-refractivity contribution in [1.29, 1.82) is 0 Å². The van der Waals surface area contributed by atoms with Crippen molar-refractivity contribution < 1.29 is 0 Å². The molecule has 1 fully saturated rings. The van der Waals surface area contributed by atoms with Crippen LogP contribution in [0.25, 0.3) is 0 Å². The van der Waals surface area contributed by atoms with E-state index in [2.05, 4.69) is 43.6 Å². The van der Waals surface area contributed by atoms with E-state index >= 15 is 0 Å². The smallest absolute Gasteiger partial charge is 0.00208 e. The van der Waals surface area contributed by atoms with Crippen molar-refractivity contribution in [1.82, 2.24) is 5.32 Å². The van der Waals surface area contributed by atoms with Gasteiger partial charge in [0.2, 0.25) is 0 Å². The molecule has 15 heavy (non-hydrogen) atoms. The first kappa shape index (κ1) is 10.7. The van der Waals surface area contributed by atoms with Gasteiger partial charge in [-0.05, 0) is 62.7 Å². The number of hydrogen-bond acceptors (Lipinski definition) is 1. The van der Waals surface area contributed by atoms with Gasteiger partial charge in [-0.2, -0.15) is 0 Å². The van der Waals surface area contributed by atoms with E-state index in [4.69, 9.17) is 0 Å². The van der Waals surface area contributed by atoms with Gasteiger partial charge in [-0.3, -0.25) is 0 Å². The van der Waals surface area contributed by atoms with E-state index in [-0.39, 0.29) is 0 Å². The lowest BCUT2D eigenvalue weighted by atomic mass is 9.70. The lowest BCUT2D eigenvalue weighted by Gasteiger charge is -2.37. The number of nitrogens with one attached hydrogen (secondary N) is 1. The number of hydrogen-bond donors (Lipinski definition) is 1. The molecule has 1 aromatic carbocycles. The Morgan fingerprint density at radius 1 is 1.20 bits per heavy atom. The molecule has 1 nitrogen and oxygen atoms in total. The summed E-state index contributed by atoms with van der Waals surface area (Å²) in [5.41, 5.74) is 3.00. The third-order valence-corrected chi connectivity index (χ3v) is 3.78. The van der Waals surface area contributed by atoms with Crippen LogP contribution >= 0.6 is 0 Å². The molecule has 1 heteroatoms. The van der Waals surface area contributed by atoms with Gasteiger partial charge in [0.25, 0.3) is 0 Å². The van der Waals surface area contributed by atoms with Gasteiger partial charge < -0.3 is 5.32 Å². The number of aryl methyl sites for hydroxylation is 1. The molecule has 2 rings (SSSR count). The topological polar surface area (TPSA) is 12.0 Å². The average Bonchev–Trinajstić information content (AvgIpc) is 2.23. The Hall–Kier alpha value is -0.820. The van der Waals surface area contributed by atoms with Gasteiger partial charge in [0, 0.05) is 0 Å². The monoisotopic (exact) mass is 203 g/mol. The molecule has 82 valence electrons. The van der Waals surface area contributed by atoms with E-state index < -0.39 is 0 Å². The van der Waals surface area contributed by atoms with Gasteiger partial charge >= 0.3 is 0 Å². The second-order valence-corrected chi connectivity index (χ2v) is 4.79. The fraction of sp³-hybridized carbons (Fsp3) is 0.571. The van der Waals surface area contributed by atoms with Crippen LogP contribution in [0.2, 0.25) is 0 Å².